The van der Waals surface area contributed by atoms with Crippen LogP contribution in [-0.2, 0) is 26.6 Å². The average molecular weight is 595 g/mol. The standard InChI is InChI=1S/C30H34N4O7S/c1-18-17-34(11-12-40-18)29(35)19-13-24(38-2)27(25(14-19)39-3)42(36,37)32-28-22-16-30(7-8-30)23-6-5-20(33-9-4-10-33)15-21(23)26(22)41-31-28/h5-6,13-15,18H,4,7-12,16-17H2,1-3H3,(H,31,32)/t18-/m1/s1. The summed E-state index contributed by atoms with van der Waals surface area (Å²) in [7, 11) is -1.54. The van der Waals surface area contributed by atoms with E-state index in [-0.39, 0.29) is 45.2 Å². The van der Waals surface area contributed by atoms with Crippen LogP contribution in [0.5, 0.6) is 11.5 Å². The molecule has 0 bridgehead atoms. The van der Waals surface area contributed by atoms with E-state index in [0.29, 0.717) is 31.9 Å². The van der Waals surface area contributed by atoms with E-state index >= 15 is 0 Å². The predicted octanol–water partition coefficient (Wildman–Crippen LogP) is 3.82. The Morgan fingerprint density at radius 2 is 1.83 bits per heavy atom. The van der Waals surface area contributed by atoms with E-state index in [2.05, 4.69) is 33.0 Å². The van der Waals surface area contributed by atoms with E-state index in [9.17, 15) is 13.2 Å². The van der Waals surface area contributed by atoms with Crippen molar-refractivity contribution in [1.29, 1.82) is 0 Å². The minimum atomic E-state index is -4.26. The number of amides is 1. The molecule has 222 valence electrons. The lowest BCUT2D eigenvalue weighted by Crippen LogP contribution is -2.44. The smallest absolute Gasteiger partial charge is 0.270 e. The van der Waals surface area contributed by atoms with Gasteiger partial charge >= 0.3 is 0 Å². The third-order valence-electron chi connectivity index (χ3n) is 8.93. The van der Waals surface area contributed by atoms with Crippen molar-refractivity contribution in [3.05, 3.63) is 47.0 Å². The van der Waals surface area contributed by atoms with Gasteiger partial charge in [0.25, 0.3) is 15.9 Å². The molecule has 3 heterocycles. The Bertz CT molecular complexity index is 1650. The number of hydrogen-bond donors (Lipinski definition) is 1. The molecule has 2 saturated heterocycles. The van der Waals surface area contributed by atoms with Crippen molar-refractivity contribution in [3.8, 4) is 22.8 Å². The fourth-order valence-electron chi connectivity index (χ4n) is 6.38. The van der Waals surface area contributed by atoms with Gasteiger partial charge in [0.1, 0.15) is 11.5 Å². The molecule has 42 heavy (non-hydrogen) atoms. The number of rotatable bonds is 7. The minimum Gasteiger partial charge on any atom is -0.495 e. The van der Waals surface area contributed by atoms with Gasteiger partial charge < -0.3 is 28.5 Å². The number of nitrogens with one attached hydrogen (secondary N) is 1. The highest BCUT2D eigenvalue weighted by Gasteiger charge is 2.51. The molecule has 1 atom stereocenters. The topological polar surface area (TPSA) is 123 Å². The van der Waals surface area contributed by atoms with E-state index in [1.807, 2.05) is 6.92 Å². The number of aromatic nitrogens is 1. The van der Waals surface area contributed by atoms with Crippen LogP contribution in [0.4, 0.5) is 11.5 Å². The molecule has 0 radical (unpaired) electrons. The number of sulfonamides is 1. The molecule has 1 spiro atoms. The molecule has 1 aromatic heterocycles. The van der Waals surface area contributed by atoms with E-state index < -0.39 is 10.0 Å². The Kier molecular flexibility index (Phi) is 6.39. The molecule has 4 aliphatic rings. The first-order valence-electron chi connectivity index (χ1n) is 14.3. The normalized spacial score (nSPS) is 20.4. The number of benzene rings is 2. The van der Waals surface area contributed by atoms with E-state index in [1.165, 1.54) is 38.3 Å². The summed E-state index contributed by atoms with van der Waals surface area (Å²) in [6, 6.07) is 9.39. The molecule has 7 rings (SSSR count). The first-order chi connectivity index (χ1) is 20.2. The number of methoxy groups -OCH3 is 2. The lowest BCUT2D eigenvalue weighted by atomic mass is 9.79. The molecule has 12 heteroatoms. The van der Waals surface area contributed by atoms with Crippen LogP contribution in [0.3, 0.4) is 0 Å². The lowest BCUT2D eigenvalue weighted by molar-refractivity contribution is -0.0124. The van der Waals surface area contributed by atoms with Gasteiger partial charge in [-0.15, -0.1) is 0 Å². The summed E-state index contributed by atoms with van der Waals surface area (Å²) in [6.07, 6.45) is 3.78. The zero-order valence-electron chi connectivity index (χ0n) is 23.9. The molecule has 1 saturated carbocycles. The average Bonchev–Trinajstić information content (AvgIpc) is 3.62. The van der Waals surface area contributed by atoms with Crippen LogP contribution in [0.1, 0.15) is 47.7 Å². The summed E-state index contributed by atoms with van der Waals surface area (Å²) < 4.78 is 52.9. The minimum absolute atomic E-state index is 0.00734. The molecule has 2 aromatic carbocycles. The number of anilines is 2. The van der Waals surface area contributed by atoms with Crippen LogP contribution in [0.2, 0.25) is 0 Å². The Labute approximate surface area is 244 Å². The Morgan fingerprint density at radius 3 is 2.45 bits per heavy atom. The number of hydrogen-bond acceptors (Lipinski definition) is 9. The fraction of sp³-hybridized carbons (Fsp3) is 0.467. The molecule has 1 N–H and O–H groups in total. The quantitative estimate of drug-likeness (QED) is 0.435. The Balaban J connectivity index is 1.23. The second-order valence-electron chi connectivity index (χ2n) is 11.6. The van der Waals surface area contributed by atoms with Crippen molar-refractivity contribution in [1.82, 2.24) is 10.1 Å². The molecule has 1 amide bonds. The number of ether oxygens (including phenoxy) is 3. The third kappa shape index (κ3) is 4.39. The van der Waals surface area contributed by atoms with Gasteiger partial charge in [-0.05, 0) is 62.4 Å². The maximum absolute atomic E-state index is 13.9. The van der Waals surface area contributed by atoms with Gasteiger partial charge in [0.05, 0.1) is 26.9 Å². The Morgan fingerprint density at radius 1 is 1.10 bits per heavy atom. The number of morpholine rings is 1. The predicted molar refractivity (Wildman–Crippen MR) is 155 cm³/mol. The maximum Gasteiger partial charge on any atom is 0.270 e. The molecular formula is C30H34N4O7S. The van der Waals surface area contributed by atoms with Gasteiger partial charge in [-0.1, -0.05) is 11.2 Å². The van der Waals surface area contributed by atoms with Gasteiger partial charge in [-0.3, -0.25) is 9.52 Å². The SMILES string of the molecule is COc1cc(C(=O)N2CCO[C@H](C)C2)cc(OC)c1S(=O)(=O)Nc1noc2c1CC1(CC1)c1ccc(N3CCC3)cc1-2. The second-order valence-corrected chi connectivity index (χ2v) is 13.2. The first kappa shape index (κ1) is 27.1. The van der Waals surface area contributed by atoms with Crippen LogP contribution in [-0.4, -0.2) is 77.5 Å². The monoisotopic (exact) mass is 594 g/mol. The lowest BCUT2D eigenvalue weighted by Gasteiger charge is -2.34. The van der Waals surface area contributed by atoms with E-state index in [4.69, 9.17) is 18.7 Å². The highest BCUT2D eigenvalue weighted by atomic mass is 32.2. The molecule has 3 fully saturated rings. The first-order valence-corrected chi connectivity index (χ1v) is 15.8. The summed E-state index contributed by atoms with van der Waals surface area (Å²) >= 11 is 0. The van der Waals surface area contributed by atoms with Gasteiger partial charge in [-0.2, -0.15) is 0 Å². The summed E-state index contributed by atoms with van der Waals surface area (Å²) in [5.74, 6) is 0.486. The Hall–Kier alpha value is -3.77. The van der Waals surface area contributed by atoms with Crippen molar-refractivity contribution in [2.24, 2.45) is 0 Å². The molecule has 0 unspecified atom stereocenters. The van der Waals surface area contributed by atoms with Crippen LogP contribution in [0, 0.1) is 0 Å². The van der Waals surface area contributed by atoms with Crippen molar-refractivity contribution in [2.45, 2.75) is 49.0 Å². The zero-order chi connectivity index (χ0) is 29.2. The zero-order valence-corrected chi connectivity index (χ0v) is 24.8. The summed E-state index contributed by atoms with van der Waals surface area (Å²) in [4.78, 5) is 17.1. The van der Waals surface area contributed by atoms with Gasteiger partial charge in [-0.25, -0.2) is 8.42 Å². The fourth-order valence-corrected chi connectivity index (χ4v) is 7.71. The van der Waals surface area contributed by atoms with Crippen LogP contribution in [0.25, 0.3) is 11.3 Å². The number of carbonyl (C=O) groups is 1. The van der Waals surface area contributed by atoms with Crippen molar-refractivity contribution in [3.63, 3.8) is 0 Å². The molecule has 2 aliphatic carbocycles. The summed E-state index contributed by atoms with van der Waals surface area (Å²) in [5, 5.41) is 4.20. The van der Waals surface area contributed by atoms with Crippen molar-refractivity contribution >= 4 is 27.4 Å². The molecule has 2 aliphatic heterocycles. The number of carbonyl (C=O) groups excluding carboxylic acids is 1. The molecule has 11 nitrogen and oxygen atoms in total. The van der Waals surface area contributed by atoms with E-state index in [0.717, 1.165) is 42.7 Å². The van der Waals surface area contributed by atoms with Crippen molar-refractivity contribution < 1.29 is 31.9 Å². The number of fused-ring (bicyclic) bond motifs is 4. The van der Waals surface area contributed by atoms with Crippen molar-refractivity contribution in [2.75, 3.05) is 56.6 Å². The molecular weight excluding hydrogens is 560 g/mol. The summed E-state index contributed by atoms with van der Waals surface area (Å²) in [6.45, 7) is 5.27. The molecule has 3 aromatic rings. The maximum atomic E-state index is 13.9. The van der Waals surface area contributed by atoms with Gasteiger partial charge in [0, 0.05) is 54.0 Å². The van der Waals surface area contributed by atoms with Gasteiger partial charge in [0.2, 0.25) is 0 Å². The second kappa shape index (κ2) is 9.91. The van der Waals surface area contributed by atoms with Crippen LogP contribution >= 0.6 is 0 Å². The largest absolute Gasteiger partial charge is 0.495 e. The highest BCUT2D eigenvalue weighted by Crippen LogP contribution is 2.59. The van der Waals surface area contributed by atoms with Gasteiger partial charge in [0.15, 0.2) is 16.5 Å². The van der Waals surface area contributed by atoms with Crippen LogP contribution < -0.4 is 19.1 Å². The summed E-state index contributed by atoms with van der Waals surface area (Å²) in [5.41, 5.74) is 4.33. The number of nitrogens with zero attached hydrogens (tertiary/aromatic N) is 3. The van der Waals surface area contributed by atoms with E-state index in [1.54, 1.807) is 4.90 Å². The van der Waals surface area contributed by atoms with Crippen LogP contribution in [0.15, 0.2) is 39.8 Å². The highest BCUT2D eigenvalue weighted by molar-refractivity contribution is 7.93. The third-order valence-corrected chi connectivity index (χ3v) is 10.3.